The summed E-state index contributed by atoms with van der Waals surface area (Å²) in [6, 6.07) is 12.0. The van der Waals surface area contributed by atoms with E-state index in [4.69, 9.17) is 0 Å². The van der Waals surface area contributed by atoms with E-state index < -0.39 is 0 Å². The van der Waals surface area contributed by atoms with Gasteiger partial charge >= 0.3 is 0 Å². The minimum atomic E-state index is -0.00190. The third-order valence-corrected chi connectivity index (χ3v) is 4.80. The van der Waals surface area contributed by atoms with Gasteiger partial charge in [-0.3, -0.25) is 14.3 Å². The summed E-state index contributed by atoms with van der Waals surface area (Å²) in [5.41, 5.74) is 3.04. The van der Waals surface area contributed by atoms with E-state index in [2.05, 4.69) is 40.4 Å². The molecule has 2 aromatic heterocycles. The molecule has 1 aromatic carbocycles. The maximum Gasteiger partial charge on any atom is 0.230 e. The van der Waals surface area contributed by atoms with E-state index in [1.165, 1.54) is 11.8 Å². The van der Waals surface area contributed by atoms with Crippen LogP contribution >= 0.6 is 11.8 Å². The smallest absolute Gasteiger partial charge is 0.230 e. The highest BCUT2D eigenvalue weighted by Gasteiger charge is 2.17. The zero-order valence-electron chi connectivity index (χ0n) is 15.7. The Hall–Kier alpha value is -2.67. The van der Waals surface area contributed by atoms with Gasteiger partial charge in [0.15, 0.2) is 11.0 Å². The molecule has 140 valence electrons. The molecule has 0 unspecified atom stereocenters. The molecule has 0 fully saturated rings. The van der Waals surface area contributed by atoms with Crippen LogP contribution in [0.25, 0.3) is 17.1 Å². The molecular weight excluding hydrogens is 358 g/mol. The molecule has 0 aliphatic heterocycles. The van der Waals surface area contributed by atoms with Crippen LogP contribution in [0.3, 0.4) is 0 Å². The predicted octanol–water partition coefficient (Wildman–Crippen LogP) is 3.50. The lowest BCUT2D eigenvalue weighted by atomic mass is 10.2. The van der Waals surface area contributed by atoms with Crippen molar-refractivity contribution in [1.29, 1.82) is 0 Å². The van der Waals surface area contributed by atoms with Gasteiger partial charge in [-0.2, -0.15) is 0 Å². The van der Waals surface area contributed by atoms with Crippen LogP contribution < -0.4 is 5.32 Å². The van der Waals surface area contributed by atoms with Crippen LogP contribution in [0.1, 0.15) is 19.4 Å². The molecule has 0 saturated heterocycles. The summed E-state index contributed by atoms with van der Waals surface area (Å²) < 4.78 is 1.99. The first kappa shape index (κ1) is 19.1. The number of nitrogens with one attached hydrogen (secondary N) is 1. The Kier molecular flexibility index (Phi) is 6.24. The molecule has 0 aliphatic rings. The highest BCUT2D eigenvalue weighted by atomic mass is 32.2. The first-order valence-corrected chi connectivity index (χ1v) is 9.85. The zero-order chi connectivity index (χ0) is 19.2. The van der Waals surface area contributed by atoms with Crippen molar-refractivity contribution >= 4 is 17.7 Å². The SMILES string of the molecule is Cc1cccc(-n2c(SCC(=O)NCC(C)C)nnc2-c2ccncc2)c1. The normalized spacial score (nSPS) is 11.0. The fourth-order valence-electron chi connectivity index (χ4n) is 2.55. The lowest BCUT2D eigenvalue weighted by Crippen LogP contribution is -2.28. The maximum atomic E-state index is 12.1. The molecule has 7 heteroatoms. The monoisotopic (exact) mass is 381 g/mol. The van der Waals surface area contributed by atoms with Gasteiger partial charge in [-0.05, 0) is 42.7 Å². The van der Waals surface area contributed by atoms with Crippen LogP contribution in [-0.2, 0) is 4.79 Å². The van der Waals surface area contributed by atoms with Crippen molar-refractivity contribution in [1.82, 2.24) is 25.1 Å². The van der Waals surface area contributed by atoms with Gasteiger partial charge in [0, 0.05) is 30.2 Å². The molecular formula is C20H23N5OS. The van der Waals surface area contributed by atoms with Crippen molar-refractivity contribution in [3.63, 3.8) is 0 Å². The Morgan fingerprint density at radius 2 is 1.96 bits per heavy atom. The quantitative estimate of drug-likeness (QED) is 0.634. The lowest BCUT2D eigenvalue weighted by molar-refractivity contribution is -0.118. The van der Waals surface area contributed by atoms with E-state index in [0.29, 0.717) is 23.4 Å². The van der Waals surface area contributed by atoms with Crippen molar-refractivity contribution in [3.8, 4) is 17.1 Å². The summed E-state index contributed by atoms with van der Waals surface area (Å²) in [5.74, 6) is 1.45. The highest BCUT2D eigenvalue weighted by Crippen LogP contribution is 2.28. The van der Waals surface area contributed by atoms with E-state index in [0.717, 1.165) is 22.6 Å². The molecule has 0 atom stereocenters. The molecule has 2 heterocycles. The van der Waals surface area contributed by atoms with Gasteiger partial charge in [0.1, 0.15) is 0 Å². The zero-order valence-corrected chi connectivity index (χ0v) is 16.5. The van der Waals surface area contributed by atoms with Gasteiger partial charge in [-0.1, -0.05) is 37.7 Å². The molecule has 6 nitrogen and oxygen atoms in total. The number of aryl methyl sites for hydroxylation is 1. The number of nitrogens with zero attached hydrogens (tertiary/aromatic N) is 4. The maximum absolute atomic E-state index is 12.1. The summed E-state index contributed by atoms with van der Waals surface area (Å²) in [7, 11) is 0. The average molecular weight is 382 g/mol. The fraction of sp³-hybridized carbons (Fsp3) is 0.300. The summed E-state index contributed by atoms with van der Waals surface area (Å²) >= 11 is 1.38. The van der Waals surface area contributed by atoms with Crippen molar-refractivity contribution in [2.24, 2.45) is 5.92 Å². The van der Waals surface area contributed by atoms with Crippen molar-refractivity contribution < 1.29 is 4.79 Å². The van der Waals surface area contributed by atoms with Crippen LogP contribution in [0.15, 0.2) is 53.9 Å². The Labute approximate surface area is 163 Å². The van der Waals surface area contributed by atoms with Gasteiger partial charge in [0.25, 0.3) is 0 Å². The number of thioether (sulfide) groups is 1. The number of rotatable bonds is 7. The number of benzene rings is 1. The second-order valence-electron chi connectivity index (χ2n) is 6.70. The third kappa shape index (κ3) is 4.95. The Morgan fingerprint density at radius 1 is 1.19 bits per heavy atom. The first-order valence-electron chi connectivity index (χ1n) is 8.87. The minimum absolute atomic E-state index is 0.00190. The molecule has 0 saturated carbocycles. The van der Waals surface area contributed by atoms with Crippen LogP contribution in [-0.4, -0.2) is 38.0 Å². The van der Waals surface area contributed by atoms with Crippen LogP contribution in [0, 0.1) is 12.8 Å². The van der Waals surface area contributed by atoms with Crippen molar-refractivity contribution in [2.75, 3.05) is 12.3 Å². The largest absolute Gasteiger partial charge is 0.355 e. The van der Waals surface area contributed by atoms with E-state index in [1.807, 2.05) is 41.8 Å². The van der Waals surface area contributed by atoms with Crippen LogP contribution in [0.2, 0.25) is 0 Å². The van der Waals surface area contributed by atoms with Gasteiger partial charge in [0.05, 0.1) is 5.75 Å². The predicted molar refractivity (Wildman–Crippen MR) is 108 cm³/mol. The Morgan fingerprint density at radius 3 is 2.67 bits per heavy atom. The van der Waals surface area contributed by atoms with E-state index in [1.54, 1.807) is 12.4 Å². The standard InChI is InChI=1S/C20H23N5OS/c1-14(2)12-22-18(26)13-27-20-24-23-19(16-7-9-21-10-8-16)25(20)17-6-4-5-15(3)11-17/h4-11,14H,12-13H2,1-3H3,(H,22,26). The number of pyridine rings is 1. The van der Waals surface area contributed by atoms with Crippen LogP contribution in [0.4, 0.5) is 0 Å². The molecule has 3 rings (SSSR count). The van der Waals surface area contributed by atoms with Crippen molar-refractivity contribution in [3.05, 3.63) is 54.4 Å². The number of hydrogen-bond donors (Lipinski definition) is 1. The number of hydrogen-bond acceptors (Lipinski definition) is 5. The van der Waals surface area contributed by atoms with Crippen molar-refractivity contribution in [2.45, 2.75) is 25.9 Å². The lowest BCUT2D eigenvalue weighted by Gasteiger charge is -2.11. The molecule has 3 aromatic rings. The molecule has 1 N–H and O–H groups in total. The van der Waals surface area contributed by atoms with Gasteiger partial charge in [0.2, 0.25) is 5.91 Å². The van der Waals surface area contributed by atoms with E-state index in [9.17, 15) is 4.79 Å². The number of carbonyl (C=O) groups excluding carboxylic acids is 1. The third-order valence-electron chi connectivity index (χ3n) is 3.87. The first-order chi connectivity index (χ1) is 13.0. The number of amides is 1. The molecule has 0 spiro atoms. The number of carbonyl (C=O) groups is 1. The molecule has 1 amide bonds. The highest BCUT2D eigenvalue weighted by molar-refractivity contribution is 7.99. The summed E-state index contributed by atoms with van der Waals surface area (Å²) in [4.78, 5) is 16.2. The van der Waals surface area contributed by atoms with Gasteiger partial charge in [-0.15, -0.1) is 10.2 Å². The van der Waals surface area contributed by atoms with Crippen LogP contribution in [0.5, 0.6) is 0 Å². The summed E-state index contributed by atoms with van der Waals surface area (Å²) in [6.45, 7) is 6.87. The topological polar surface area (TPSA) is 72.7 Å². The minimum Gasteiger partial charge on any atom is -0.355 e. The van der Waals surface area contributed by atoms with E-state index >= 15 is 0 Å². The Balaban J connectivity index is 1.90. The molecule has 0 radical (unpaired) electrons. The molecule has 0 bridgehead atoms. The average Bonchev–Trinajstić information content (AvgIpc) is 3.09. The van der Waals surface area contributed by atoms with Gasteiger partial charge in [-0.25, -0.2) is 0 Å². The van der Waals surface area contributed by atoms with Gasteiger partial charge < -0.3 is 5.32 Å². The Bertz CT molecular complexity index is 908. The molecule has 27 heavy (non-hydrogen) atoms. The summed E-state index contributed by atoms with van der Waals surface area (Å²) in [5, 5.41) is 12.3. The number of aromatic nitrogens is 4. The second-order valence-corrected chi connectivity index (χ2v) is 7.65. The molecule has 0 aliphatic carbocycles. The summed E-state index contributed by atoms with van der Waals surface area (Å²) in [6.07, 6.45) is 3.47. The fourth-order valence-corrected chi connectivity index (χ4v) is 3.33. The van der Waals surface area contributed by atoms with E-state index in [-0.39, 0.29) is 5.91 Å². The second kappa shape index (κ2) is 8.81.